The summed E-state index contributed by atoms with van der Waals surface area (Å²) in [5.41, 5.74) is 2.68. The Labute approximate surface area is 105 Å². The van der Waals surface area contributed by atoms with Gasteiger partial charge in [0.05, 0.1) is 0 Å². The lowest BCUT2D eigenvalue weighted by atomic mass is 9.98. The van der Waals surface area contributed by atoms with Crippen molar-refractivity contribution in [2.45, 2.75) is 39.0 Å². The van der Waals surface area contributed by atoms with E-state index in [0.717, 1.165) is 19.4 Å². The van der Waals surface area contributed by atoms with Crippen LogP contribution in [0.5, 0.6) is 0 Å². The van der Waals surface area contributed by atoms with E-state index in [4.69, 9.17) is 5.11 Å². The third-order valence-corrected chi connectivity index (χ3v) is 3.42. The van der Waals surface area contributed by atoms with Crippen molar-refractivity contribution in [1.82, 2.24) is 0 Å². The molecule has 0 aliphatic rings. The molecule has 1 rings (SSSR count). The van der Waals surface area contributed by atoms with Gasteiger partial charge in [0.15, 0.2) is 0 Å². The fourth-order valence-corrected chi connectivity index (χ4v) is 1.88. The summed E-state index contributed by atoms with van der Waals surface area (Å²) in [7, 11) is 2.11. The highest BCUT2D eigenvalue weighted by molar-refractivity contribution is 5.47. The highest BCUT2D eigenvalue weighted by Crippen LogP contribution is 2.22. The Balaban J connectivity index is 2.54. The molecule has 0 spiro atoms. The summed E-state index contributed by atoms with van der Waals surface area (Å²) >= 11 is 0. The van der Waals surface area contributed by atoms with E-state index in [9.17, 15) is 0 Å². The highest BCUT2D eigenvalue weighted by atomic mass is 16.2. The minimum atomic E-state index is 0.292. The van der Waals surface area contributed by atoms with Gasteiger partial charge in [-0.2, -0.15) is 0 Å². The number of nitrogens with zero attached hydrogens (tertiary/aromatic N) is 1. The number of unbranched alkanes of at least 4 members (excludes halogenated alkanes) is 1. The smallest absolute Gasteiger partial charge is 0.0431 e. The van der Waals surface area contributed by atoms with Crippen LogP contribution in [0.3, 0.4) is 0 Å². The van der Waals surface area contributed by atoms with Gasteiger partial charge in [0.2, 0.25) is 0 Å². The van der Waals surface area contributed by atoms with Gasteiger partial charge in [-0.15, -0.1) is 0 Å². The first kappa shape index (κ1) is 14.0. The van der Waals surface area contributed by atoms with Crippen molar-refractivity contribution in [2.24, 2.45) is 0 Å². The molecule has 1 aromatic rings. The Bertz CT molecular complexity index is 307. The van der Waals surface area contributed by atoms with Crippen LogP contribution in [-0.4, -0.2) is 25.3 Å². The fourth-order valence-electron chi connectivity index (χ4n) is 1.88. The molecule has 17 heavy (non-hydrogen) atoms. The normalized spacial score (nSPS) is 12.5. The van der Waals surface area contributed by atoms with E-state index in [1.54, 1.807) is 0 Å². The average Bonchev–Trinajstić information content (AvgIpc) is 2.38. The lowest BCUT2D eigenvalue weighted by Gasteiger charge is -2.20. The number of rotatable bonds is 7. The van der Waals surface area contributed by atoms with E-state index in [2.05, 4.69) is 50.1 Å². The van der Waals surface area contributed by atoms with Crippen molar-refractivity contribution in [1.29, 1.82) is 0 Å². The van der Waals surface area contributed by atoms with E-state index in [1.165, 1.54) is 17.7 Å². The number of hydrogen-bond donors (Lipinski definition) is 1. The number of hydrogen-bond acceptors (Lipinski definition) is 2. The molecule has 0 saturated carbocycles. The van der Waals surface area contributed by atoms with Gasteiger partial charge in [0.25, 0.3) is 0 Å². The topological polar surface area (TPSA) is 23.5 Å². The van der Waals surface area contributed by atoms with E-state index in [-0.39, 0.29) is 0 Å². The molecule has 1 N–H and O–H groups in total. The Morgan fingerprint density at radius 3 is 2.35 bits per heavy atom. The maximum absolute atomic E-state index is 8.76. The third kappa shape index (κ3) is 4.39. The predicted octanol–water partition coefficient (Wildman–Crippen LogP) is 3.41. The van der Waals surface area contributed by atoms with Crippen LogP contribution < -0.4 is 4.90 Å². The van der Waals surface area contributed by atoms with E-state index < -0.39 is 0 Å². The van der Waals surface area contributed by atoms with Gasteiger partial charge < -0.3 is 10.0 Å². The summed E-state index contributed by atoms with van der Waals surface area (Å²) in [5.74, 6) is 0.642. The first-order valence-corrected chi connectivity index (χ1v) is 6.61. The second-order valence-electron chi connectivity index (χ2n) is 4.75. The number of anilines is 1. The molecular weight excluding hydrogens is 210 g/mol. The van der Waals surface area contributed by atoms with Crippen LogP contribution in [0.2, 0.25) is 0 Å². The van der Waals surface area contributed by atoms with Crippen LogP contribution >= 0.6 is 0 Å². The molecular formula is C15H25NO. The maximum atomic E-state index is 8.76. The van der Waals surface area contributed by atoms with E-state index in [0.29, 0.717) is 12.5 Å². The van der Waals surface area contributed by atoms with E-state index >= 15 is 0 Å². The van der Waals surface area contributed by atoms with Gasteiger partial charge in [-0.05, 0) is 42.9 Å². The number of aliphatic hydroxyl groups excluding tert-OH is 1. The van der Waals surface area contributed by atoms with Gasteiger partial charge in [0.1, 0.15) is 0 Å². The second-order valence-corrected chi connectivity index (χ2v) is 4.75. The number of benzene rings is 1. The minimum absolute atomic E-state index is 0.292. The third-order valence-electron chi connectivity index (χ3n) is 3.42. The Morgan fingerprint density at radius 2 is 1.82 bits per heavy atom. The fraction of sp³-hybridized carbons (Fsp3) is 0.600. The van der Waals surface area contributed by atoms with Crippen LogP contribution in [0.15, 0.2) is 24.3 Å². The zero-order chi connectivity index (χ0) is 12.7. The van der Waals surface area contributed by atoms with Crippen molar-refractivity contribution >= 4 is 5.69 Å². The van der Waals surface area contributed by atoms with Crippen molar-refractivity contribution < 1.29 is 5.11 Å². The Hall–Kier alpha value is -1.02. The van der Waals surface area contributed by atoms with E-state index in [1.807, 2.05) is 0 Å². The van der Waals surface area contributed by atoms with Gasteiger partial charge in [-0.3, -0.25) is 0 Å². The summed E-state index contributed by atoms with van der Waals surface area (Å²) in [4.78, 5) is 2.25. The first-order valence-electron chi connectivity index (χ1n) is 6.61. The van der Waals surface area contributed by atoms with Gasteiger partial charge >= 0.3 is 0 Å². The summed E-state index contributed by atoms with van der Waals surface area (Å²) in [6, 6.07) is 8.85. The number of aliphatic hydroxyl groups is 1. The van der Waals surface area contributed by atoms with Gasteiger partial charge in [0, 0.05) is 25.9 Å². The lowest BCUT2D eigenvalue weighted by molar-refractivity contribution is 0.285. The van der Waals surface area contributed by atoms with Crippen LogP contribution in [0.4, 0.5) is 5.69 Å². The molecule has 0 saturated heterocycles. The summed E-state index contributed by atoms with van der Waals surface area (Å²) < 4.78 is 0. The molecule has 1 unspecified atom stereocenters. The lowest BCUT2D eigenvalue weighted by Crippen LogP contribution is -2.18. The molecule has 96 valence electrons. The van der Waals surface area contributed by atoms with Crippen molar-refractivity contribution in [3.05, 3.63) is 29.8 Å². The summed E-state index contributed by atoms with van der Waals surface area (Å²) in [5, 5.41) is 8.76. The molecule has 2 nitrogen and oxygen atoms in total. The van der Waals surface area contributed by atoms with Crippen molar-refractivity contribution in [3.8, 4) is 0 Å². The predicted molar refractivity (Wildman–Crippen MR) is 74.7 cm³/mol. The van der Waals surface area contributed by atoms with Crippen molar-refractivity contribution in [2.75, 3.05) is 25.1 Å². The molecule has 2 heteroatoms. The molecule has 0 heterocycles. The van der Waals surface area contributed by atoms with Gasteiger partial charge in [-0.1, -0.05) is 26.0 Å². The van der Waals surface area contributed by atoms with Crippen LogP contribution in [0, 0.1) is 0 Å². The summed E-state index contributed by atoms with van der Waals surface area (Å²) in [6.45, 7) is 5.78. The van der Waals surface area contributed by atoms with Crippen LogP contribution in [0.25, 0.3) is 0 Å². The molecule has 0 aliphatic carbocycles. The maximum Gasteiger partial charge on any atom is 0.0431 e. The Kier molecular flexibility index (Phi) is 6.06. The molecule has 0 radical (unpaired) electrons. The van der Waals surface area contributed by atoms with Crippen LogP contribution in [-0.2, 0) is 0 Å². The molecule has 1 aromatic carbocycles. The summed E-state index contributed by atoms with van der Waals surface area (Å²) in [6.07, 6.45) is 3.11. The SMILES string of the molecule is CCC(C)c1ccc(N(C)CCCCO)cc1. The molecule has 0 aromatic heterocycles. The Morgan fingerprint density at radius 1 is 1.18 bits per heavy atom. The first-order chi connectivity index (χ1) is 8.19. The van der Waals surface area contributed by atoms with Crippen molar-refractivity contribution in [3.63, 3.8) is 0 Å². The highest BCUT2D eigenvalue weighted by Gasteiger charge is 2.04. The molecule has 1 atom stereocenters. The minimum Gasteiger partial charge on any atom is -0.396 e. The van der Waals surface area contributed by atoms with Gasteiger partial charge in [-0.25, -0.2) is 0 Å². The molecule has 0 fully saturated rings. The standard InChI is InChI=1S/C15H25NO/c1-4-13(2)14-7-9-15(10-8-14)16(3)11-5-6-12-17/h7-10,13,17H,4-6,11-12H2,1-3H3. The average molecular weight is 235 g/mol. The van der Waals surface area contributed by atoms with Crippen LogP contribution in [0.1, 0.15) is 44.6 Å². The molecule has 0 bridgehead atoms. The zero-order valence-corrected chi connectivity index (χ0v) is 11.3. The second kappa shape index (κ2) is 7.33. The largest absolute Gasteiger partial charge is 0.396 e. The quantitative estimate of drug-likeness (QED) is 0.732. The zero-order valence-electron chi connectivity index (χ0n) is 11.3. The monoisotopic (exact) mass is 235 g/mol. The molecule has 0 amide bonds. The molecule has 0 aliphatic heterocycles.